The van der Waals surface area contributed by atoms with E-state index < -0.39 is 0 Å². The van der Waals surface area contributed by atoms with Gasteiger partial charge in [0.2, 0.25) is 0 Å². The van der Waals surface area contributed by atoms with Crippen molar-refractivity contribution in [2.45, 2.75) is 50.8 Å². The fourth-order valence-corrected chi connectivity index (χ4v) is 3.92. The molecule has 1 aromatic carbocycles. The van der Waals surface area contributed by atoms with Crippen molar-refractivity contribution >= 4 is 6.03 Å². The molecule has 0 unspecified atom stereocenters. The fourth-order valence-electron chi connectivity index (χ4n) is 3.92. The molecule has 126 valence electrons. The normalized spacial score (nSPS) is 26.0. The van der Waals surface area contributed by atoms with E-state index in [1.54, 1.807) is 0 Å². The topological polar surface area (TPSA) is 70.6 Å². The molecule has 0 heterocycles. The average Bonchev–Trinajstić information content (AvgIpc) is 2.50. The van der Waals surface area contributed by atoms with Crippen LogP contribution >= 0.6 is 0 Å². The van der Waals surface area contributed by atoms with Crippen LogP contribution in [0.4, 0.5) is 4.79 Å². The Morgan fingerprint density at radius 2 is 2.13 bits per heavy atom. The van der Waals surface area contributed by atoms with Crippen LogP contribution in [0.1, 0.15) is 44.2 Å². The Kier molecular flexibility index (Phi) is 4.87. The molecule has 0 radical (unpaired) electrons. The zero-order valence-electron chi connectivity index (χ0n) is 13.6. The van der Waals surface area contributed by atoms with Crippen molar-refractivity contribution in [3.8, 4) is 0 Å². The molecule has 2 saturated carbocycles. The molecular weight excluding hydrogens is 292 g/mol. The van der Waals surface area contributed by atoms with E-state index in [1.165, 1.54) is 6.42 Å². The van der Waals surface area contributed by atoms with Crippen LogP contribution in [0.2, 0.25) is 0 Å². The Bertz CT molecular complexity index is 530. The Balaban J connectivity index is 1.55. The highest BCUT2D eigenvalue weighted by molar-refractivity contribution is 5.75. The van der Waals surface area contributed by atoms with Crippen molar-refractivity contribution in [3.05, 3.63) is 35.9 Å². The van der Waals surface area contributed by atoms with E-state index in [1.807, 2.05) is 37.3 Å². The van der Waals surface area contributed by atoms with Gasteiger partial charge >= 0.3 is 6.03 Å². The maximum atomic E-state index is 12.3. The lowest BCUT2D eigenvalue weighted by Crippen LogP contribution is -2.68. The molecule has 2 aliphatic rings. The number of rotatable bonds is 6. The molecule has 3 N–H and O–H groups in total. The quantitative estimate of drug-likeness (QED) is 0.754. The fraction of sp³-hybridized carbons (Fsp3) is 0.611. The molecule has 2 fully saturated rings. The Morgan fingerprint density at radius 3 is 2.70 bits per heavy atom. The Hall–Kier alpha value is -1.59. The van der Waals surface area contributed by atoms with E-state index in [9.17, 15) is 9.90 Å². The Morgan fingerprint density at radius 1 is 1.39 bits per heavy atom. The third-order valence-electron chi connectivity index (χ3n) is 5.43. The molecule has 23 heavy (non-hydrogen) atoms. The summed E-state index contributed by atoms with van der Waals surface area (Å²) in [6.45, 7) is 2.63. The zero-order valence-corrected chi connectivity index (χ0v) is 13.6. The van der Waals surface area contributed by atoms with Gasteiger partial charge in [-0.15, -0.1) is 0 Å². The van der Waals surface area contributed by atoms with E-state index in [2.05, 4.69) is 10.6 Å². The minimum Gasteiger partial charge on any atom is -0.394 e. The van der Waals surface area contributed by atoms with Gasteiger partial charge in [0.05, 0.1) is 18.8 Å². The average molecular weight is 318 g/mol. The number of nitrogens with one attached hydrogen (secondary N) is 2. The Labute approximate surface area is 137 Å². The number of aliphatic hydroxyl groups excluding tert-OH is 1. The van der Waals surface area contributed by atoms with E-state index in [4.69, 9.17) is 4.74 Å². The number of carbonyl (C=O) groups excluding carboxylic acids is 1. The second kappa shape index (κ2) is 6.89. The molecule has 2 amide bonds. The first-order valence-electron chi connectivity index (χ1n) is 8.54. The molecule has 0 saturated heterocycles. The van der Waals surface area contributed by atoms with Crippen molar-refractivity contribution in [2.75, 3.05) is 13.2 Å². The lowest BCUT2D eigenvalue weighted by molar-refractivity contribution is -0.169. The van der Waals surface area contributed by atoms with Gasteiger partial charge in [-0.3, -0.25) is 0 Å². The van der Waals surface area contributed by atoms with Crippen molar-refractivity contribution in [3.63, 3.8) is 0 Å². The number of aliphatic hydroxyl groups is 1. The summed E-state index contributed by atoms with van der Waals surface area (Å²) in [5, 5.41) is 15.5. The van der Waals surface area contributed by atoms with Crippen LogP contribution < -0.4 is 10.6 Å². The van der Waals surface area contributed by atoms with Crippen LogP contribution in [-0.2, 0) is 4.74 Å². The summed E-state index contributed by atoms with van der Waals surface area (Å²) in [5.74, 6) is 0. The highest BCUT2D eigenvalue weighted by atomic mass is 16.5. The summed E-state index contributed by atoms with van der Waals surface area (Å²) >= 11 is 0. The van der Waals surface area contributed by atoms with E-state index in [0.717, 1.165) is 31.4 Å². The molecule has 3 atom stereocenters. The number of carbonyl (C=O) groups is 1. The van der Waals surface area contributed by atoms with Crippen LogP contribution in [0.5, 0.6) is 0 Å². The number of benzene rings is 1. The highest BCUT2D eigenvalue weighted by Gasteiger charge is 2.59. The first-order valence-corrected chi connectivity index (χ1v) is 8.54. The van der Waals surface area contributed by atoms with Gasteiger partial charge in [0.15, 0.2) is 0 Å². The minimum absolute atomic E-state index is 0.116. The number of ether oxygens (including phenoxy) is 1. The van der Waals surface area contributed by atoms with E-state index in [-0.39, 0.29) is 36.2 Å². The van der Waals surface area contributed by atoms with Gasteiger partial charge in [-0.2, -0.15) is 0 Å². The molecule has 0 aromatic heterocycles. The smallest absolute Gasteiger partial charge is 0.315 e. The maximum absolute atomic E-state index is 12.3. The first kappa shape index (κ1) is 16.3. The number of urea groups is 1. The van der Waals surface area contributed by atoms with Crippen LogP contribution in [0.3, 0.4) is 0 Å². The van der Waals surface area contributed by atoms with Gasteiger partial charge in [0.1, 0.15) is 0 Å². The third kappa shape index (κ3) is 3.08. The van der Waals surface area contributed by atoms with Crippen molar-refractivity contribution in [1.29, 1.82) is 0 Å². The molecule has 5 heteroatoms. The summed E-state index contributed by atoms with van der Waals surface area (Å²) in [6.07, 6.45) is 4.65. The number of hydrogen-bond donors (Lipinski definition) is 3. The highest BCUT2D eigenvalue weighted by Crippen LogP contribution is 2.57. The van der Waals surface area contributed by atoms with Crippen LogP contribution in [0, 0.1) is 5.41 Å². The van der Waals surface area contributed by atoms with E-state index in [0.29, 0.717) is 0 Å². The van der Waals surface area contributed by atoms with Gasteiger partial charge in [-0.1, -0.05) is 36.8 Å². The molecule has 2 aliphatic carbocycles. The predicted octanol–water partition coefficient (Wildman–Crippen LogP) is 2.37. The minimum atomic E-state index is -0.378. The summed E-state index contributed by atoms with van der Waals surface area (Å²) in [5.41, 5.74) is 1.05. The molecule has 1 aromatic rings. The largest absolute Gasteiger partial charge is 0.394 e. The predicted molar refractivity (Wildman–Crippen MR) is 88.0 cm³/mol. The van der Waals surface area contributed by atoms with Crippen LogP contribution in [-0.4, -0.2) is 36.5 Å². The summed E-state index contributed by atoms with van der Waals surface area (Å²) in [6, 6.07) is 9.13. The van der Waals surface area contributed by atoms with Crippen LogP contribution in [0.15, 0.2) is 30.3 Å². The summed E-state index contributed by atoms with van der Waals surface area (Å²) in [7, 11) is 0. The monoisotopic (exact) mass is 318 g/mol. The van der Waals surface area contributed by atoms with Gasteiger partial charge < -0.3 is 20.5 Å². The van der Waals surface area contributed by atoms with Crippen molar-refractivity contribution in [2.24, 2.45) is 5.41 Å². The van der Waals surface area contributed by atoms with Gasteiger partial charge in [0, 0.05) is 18.1 Å². The lowest BCUT2D eigenvalue weighted by atomic mass is 9.51. The third-order valence-corrected chi connectivity index (χ3v) is 5.43. The van der Waals surface area contributed by atoms with Gasteiger partial charge in [-0.25, -0.2) is 4.79 Å². The number of amides is 2. The SMILES string of the molecule is CCO[C@@H]1C[C@H](NC(=O)N[C@H](CO)c2ccccc2)C12CCC2. The molecule has 0 aliphatic heterocycles. The van der Waals surface area contributed by atoms with E-state index >= 15 is 0 Å². The molecule has 1 spiro atoms. The molecule has 5 nitrogen and oxygen atoms in total. The summed E-state index contributed by atoms with van der Waals surface area (Å²) in [4.78, 5) is 12.3. The molecule has 3 rings (SSSR count). The molecular formula is C18H26N2O3. The lowest BCUT2D eigenvalue weighted by Gasteiger charge is -2.60. The molecule has 0 bridgehead atoms. The number of hydrogen-bond acceptors (Lipinski definition) is 3. The maximum Gasteiger partial charge on any atom is 0.315 e. The second-order valence-corrected chi connectivity index (χ2v) is 6.58. The van der Waals surface area contributed by atoms with Crippen LogP contribution in [0.25, 0.3) is 0 Å². The summed E-state index contributed by atoms with van der Waals surface area (Å²) < 4.78 is 5.81. The second-order valence-electron chi connectivity index (χ2n) is 6.58. The first-order chi connectivity index (χ1) is 11.2. The van der Waals surface area contributed by atoms with Gasteiger partial charge in [-0.05, 0) is 31.7 Å². The van der Waals surface area contributed by atoms with Gasteiger partial charge in [0.25, 0.3) is 0 Å². The standard InChI is InChI=1S/C18H26N2O3/c1-2-23-16-11-15(18(16)9-6-10-18)20-17(22)19-14(12-21)13-7-4-3-5-8-13/h3-5,7-8,14-16,21H,2,6,9-12H2,1H3,(H2,19,20,22)/t14-,15+,16-/m1/s1. The zero-order chi connectivity index (χ0) is 16.3. The van der Waals surface area contributed by atoms with Crippen molar-refractivity contribution < 1.29 is 14.6 Å². The van der Waals surface area contributed by atoms with Crippen molar-refractivity contribution in [1.82, 2.24) is 10.6 Å².